The Morgan fingerprint density at radius 1 is 1.40 bits per heavy atom. The number of nitrogen functional groups attached to an aromatic ring is 1. The van der Waals surface area contributed by atoms with Gasteiger partial charge >= 0.3 is 6.09 Å². The molecular formula is C11H15N5O4. The largest absolute Gasteiger partial charge is 0.465 e. The highest BCUT2D eigenvalue weighted by atomic mass is 16.4. The Hall–Kier alpha value is -2.39. The lowest BCUT2D eigenvalue weighted by Crippen LogP contribution is -2.43. The van der Waals surface area contributed by atoms with Gasteiger partial charge in [0, 0.05) is 11.8 Å². The summed E-state index contributed by atoms with van der Waals surface area (Å²) in [7, 11) is 0. The number of aromatic nitrogens is 3. The van der Waals surface area contributed by atoms with Gasteiger partial charge in [0.15, 0.2) is 5.82 Å². The van der Waals surface area contributed by atoms with E-state index in [1.807, 2.05) is 0 Å². The van der Waals surface area contributed by atoms with Crippen molar-refractivity contribution in [1.82, 2.24) is 19.9 Å². The molecule has 0 saturated heterocycles. The first-order valence-corrected chi connectivity index (χ1v) is 5.86. The molecule has 0 spiro atoms. The molecule has 2 heterocycles. The lowest BCUT2D eigenvalue weighted by Gasteiger charge is -2.26. The van der Waals surface area contributed by atoms with Gasteiger partial charge in [-0.3, -0.25) is 4.90 Å². The summed E-state index contributed by atoms with van der Waals surface area (Å²) in [4.78, 5) is 22.9. The number of hydrogen-bond acceptors (Lipinski definition) is 6. The summed E-state index contributed by atoms with van der Waals surface area (Å²) in [5, 5.41) is 27.4. The fourth-order valence-electron chi connectivity index (χ4n) is 1.92. The summed E-state index contributed by atoms with van der Waals surface area (Å²) in [6, 6.07) is -0.892. The lowest BCUT2D eigenvalue weighted by atomic mass is 10.2. The number of rotatable bonds is 5. The highest BCUT2D eigenvalue weighted by Crippen LogP contribution is 2.21. The molecule has 1 amide bonds. The standard InChI is InChI=1S/C11H15N5O4/c12-10-9-8(14-5-15-10)6(1-13-9)2-16(11(19)20)7(3-17)4-18/h1,5,7,13,17-18H,2-4H2,(H,19,20)(H2,12,14,15). The molecule has 6 N–H and O–H groups in total. The molecule has 2 aromatic heterocycles. The van der Waals surface area contributed by atoms with Gasteiger partial charge in [-0.15, -0.1) is 0 Å². The summed E-state index contributed by atoms with van der Waals surface area (Å²) in [6.45, 7) is -0.970. The Morgan fingerprint density at radius 3 is 2.70 bits per heavy atom. The van der Waals surface area contributed by atoms with Crippen LogP contribution in [0.25, 0.3) is 11.0 Å². The normalized spacial score (nSPS) is 11.2. The average Bonchev–Trinajstić information content (AvgIpc) is 2.83. The number of aromatic amines is 1. The number of carboxylic acid groups (broad SMARTS) is 1. The van der Waals surface area contributed by atoms with Gasteiger partial charge < -0.3 is 26.0 Å². The van der Waals surface area contributed by atoms with Crippen molar-refractivity contribution in [3.63, 3.8) is 0 Å². The number of aliphatic hydroxyl groups excluding tert-OH is 2. The molecule has 0 fully saturated rings. The number of H-pyrrole nitrogens is 1. The summed E-state index contributed by atoms with van der Waals surface area (Å²) in [5.74, 6) is 0.268. The minimum absolute atomic E-state index is 0.0302. The van der Waals surface area contributed by atoms with Crippen molar-refractivity contribution in [2.75, 3.05) is 18.9 Å². The minimum atomic E-state index is -1.24. The van der Waals surface area contributed by atoms with E-state index in [4.69, 9.17) is 21.1 Å². The molecule has 0 aliphatic heterocycles. The van der Waals surface area contributed by atoms with Crippen molar-refractivity contribution in [3.05, 3.63) is 18.1 Å². The van der Waals surface area contributed by atoms with Crippen molar-refractivity contribution in [2.45, 2.75) is 12.6 Å². The minimum Gasteiger partial charge on any atom is -0.465 e. The molecule has 0 aliphatic rings. The van der Waals surface area contributed by atoms with Crippen LogP contribution in [0.2, 0.25) is 0 Å². The SMILES string of the molecule is Nc1ncnc2c(CN(C(=O)O)C(CO)CO)c[nH]c12. The molecule has 20 heavy (non-hydrogen) atoms. The number of nitrogens with one attached hydrogen (secondary N) is 1. The molecule has 0 bridgehead atoms. The van der Waals surface area contributed by atoms with Crippen LogP contribution < -0.4 is 5.73 Å². The molecule has 0 saturated carbocycles. The predicted molar refractivity (Wildman–Crippen MR) is 69.8 cm³/mol. The van der Waals surface area contributed by atoms with E-state index in [0.29, 0.717) is 16.6 Å². The molecule has 0 aromatic carbocycles. The quantitative estimate of drug-likeness (QED) is 0.490. The van der Waals surface area contributed by atoms with E-state index in [-0.39, 0.29) is 12.4 Å². The van der Waals surface area contributed by atoms with Crippen molar-refractivity contribution in [1.29, 1.82) is 0 Å². The Morgan fingerprint density at radius 2 is 2.10 bits per heavy atom. The second kappa shape index (κ2) is 5.72. The first kappa shape index (κ1) is 14.0. The number of hydrogen-bond donors (Lipinski definition) is 5. The molecule has 2 rings (SSSR count). The summed E-state index contributed by atoms with van der Waals surface area (Å²) < 4.78 is 0. The number of anilines is 1. The van der Waals surface area contributed by atoms with Crippen molar-refractivity contribution >= 4 is 22.9 Å². The Balaban J connectivity index is 2.34. The summed E-state index contributed by atoms with van der Waals surface area (Å²) in [5.41, 5.74) is 7.30. The molecule has 2 aromatic rings. The molecule has 0 radical (unpaired) electrons. The predicted octanol–water partition coefficient (Wildman–Crippen LogP) is -0.627. The number of carbonyl (C=O) groups is 1. The van der Waals surface area contributed by atoms with Gasteiger partial charge in [-0.2, -0.15) is 0 Å². The number of aliphatic hydroxyl groups is 2. The maximum atomic E-state index is 11.2. The third-order valence-corrected chi connectivity index (χ3v) is 3.02. The highest BCUT2D eigenvalue weighted by molar-refractivity contribution is 5.87. The smallest absolute Gasteiger partial charge is 0.408 e. The second-order valence-corrected chi connectivity index (χ2v) is 4.23. The lowest BCUT2D eigenvalue weighted by molar-refractivity contribution is 0.0634. The van der Waals surface area contributed by atoms with Crippen molar-refractivity contribution < 1.29 is 20.1 Å². The highest BCUT2D eigenvalue weighted by Gasteiger charge is 2.23. The second-order valence-electron chi connectivity index (χ2n) is 4.23. The van der Waals surface area contributed by atoms with E-state index in [9.17, 15) is 4.79 Å². The van der Waals surface area contributed by atoms with Crippen LogP contribution in [0, 0.1) is 0 Å². The third-order valence-electron chi connectivity index (χ3n) is 3.02. The number of nitrogens with two attached hydrogens (primary N) is 1. The zero-order chi connectivity index (χ0) is 14.7. The zero-order valence-electron chi connectivity index (χ0n) is 10.5. The van der Waals surface area contributed by atoms with Crippen LogP contribution in [0.4, 0.5) is 10.6 Å². The van der Waals surface area contributed by atoms with Gasteiger partial charge in [0.25, 0.3) is 0 Å². The summed E-state index contributed by atoms with van der Waals surface area (Å²) >= 11 is 0. The zero-order valence-corrected chi connectivity index (χ0v) is 10.5. The van der Waals surface area contributed by atoms with Crippen LogP contribution in [0.15, 0.2) is 12.5 Å². The van der Waals surface area contributed by atoms with Gasteiger partial charge in [-0.1, -0.05) is 0 Å². The van der Waals surface area contributed by atoms with E-state index < -0.39 is 25.3 Å². The first-order chi connectivity index (χ1) is 9.58. The van der Waals surface area contributed by atoms with E-state index in [1.54, 1.807) is 6.20 Å². The molecule has 0 atom stereocenters. The number of amides is 1. The van der Waals surface area contributed by atoms with Gasteiger partial charge in [0.2, 0.25) is 0 Å². The fourth-order valence-corrected chi connectivity index (χ4v) is 1.92. The monoisotopic (exact) mass is 281 g/mol. The molecule has 9 heteroatoms. The molecular weight excluding hydrogens is 266 g/mol. The van der Waals surface area contributed by atoms with Gasteiger partial charge in [0.1, 0.15) is 11.8 Å². The Bertz CT molecular complexity index is 610. The van der Waals surface area contributed by atoms with E-state index in [1.165, 1.54) is 6.33 Å². The molecule has 0 unspecified atom stereocenters. The van der Waals surface area contributed by atoms with Crippen LogP contribution in [0.5, 0.6) is 0 Å². The maximum Gasteiger partial charge on any atom is 0.408 e. The van der Waals surface area contributed by atoms with Crippen LogP contribution in [-0.2, 0) is 6.54 Å². The van der Waals surface area contributed by atoms with E-state index in [2.05, 4.69) is 15.0 Å². The molecule has 108 valence electrons. The molecule has 9 nitrogen and oxygen atoms in total. The van der Waals surface area contributed by atoms with Gasteiger partial charge in [-0.25, -0.2) is 14.8 Å². The average molecular weight is 281 g/mol. The maximum absolute atomic E-state index is 11.2. The van der Waals surface area contributed by atoms with Crippen LogP contribution in [0.1, 0.15) is 5.56 Å². The first-order valence-electron chi connectivity index (χ1n) is 5.86. The third kappa shape index (κ3) is 2.49. The van der Waals surface area contributed by atoms with Crippen LogP contribution in [0.3, 0.4) is 0 Å². The Labute approximate surface area is 113 Å². The number of nitrogens with zero attached hydrogens (tertiary/aromatic N) is 3. The van der Waals surface area contributed by atoms with Crippen LogP contribution >= 0.6 is 0 Å². The summed E-state index contributed by atoms with van der Waals surface area (Å²) in [6.07, 6.45) is 1.63. The fraction of sp³-hybridized carbons (Fsp3) is 0.364. The Kier molecular flexibility index (Phi) is 4.01. The van der Waals surface area contributed by atoms with Crippen molar-refractivity contribution in [2.24, 2.45) is 0 Å². The molecule has 0 aliphatic carbocycles. The van der Waals surface area contributed by atoms with Crippen molar-refractivity contribution in [3.8, 4) is 0 Å². The topological polar surface area (TPSA) is 149 Å². The van der Waals surface area contributed by atoms with E-state index >= 15 is 0 Å². The van der Waals surface area contributed by atoms with Gasteiger partial charge in [-0.05, 0) is 0 Å². The van der Waals surface area contributed by atoms with Crippen LogP contribution in [-0.4, -0.2) is 60.5 Å². The number of fused-ring (bicyclic) bond motifs is 1. The van der Waals surface area contributed by atoms with Gasteiger partial charge in [0.05, 0.1) is 31.3 Å². The van der Waals surface area contributed by atoms with E-state index in [0.717, 1.165) is 4.90 Å².